The lowest BCUT2D eigenvalue weighted by Crippen LogP contribution is -2.14. The largest absolute Gasteiger partial charge is 0.507 e. The highest BCUT2D eigenvalue weighted by Crippen LogP contribution is 2.52. The molecule has 0 spiro atoms. The fraction of sp³-hybridized carbons (Fsp3) is 0.400. The van der Waals surface area contributed by atoms with E-state index in [9.17, 15) is 14.7 Å². The fourth-order valence-corrected chi connectivity index (χ4v) is 4.79. The number of hydrogen-bond donors (Lipinski definition) is 1. The fourth-order valence-electron chi connectivity index (χ4n) is 4.79. The number of unbranched alkanes of at least 4 members (excludes halogenated alkanes) is 3. The van der Waals surface area contributed by atoms with Crippen molar-refractivity contribution < 1.29 is 43.1 Å². The average Bonchev–Trinajstić information content (AvgIpc) is 2.97. The van der Waals surface area contributed by atoms with Crippen molar-refractivity contribution in [2.45, 2.75) is 39.0 Å². The molecular formula is C30H36O9. The number of aromatic hydroxyl groups is 1. The number of esters is 1. The van der Waals surface area contributed by atoms with E-state index in [1.54, 1.807) is 24.3 Å². The zero-order chi connectivity index (χ0) is 28.7. The van der Waals surface area contributed by atoms with Crippen LogP contribution in [0.1, 0.15) is 59.7 Å². The van der Waals surface area contributed by atoms with Gasteiger partial charge in [-0.1, -0.05) is 32.3 Å². The molecule has 0 aliphatic carbocycles. The molecule has 1 N–H and O–H groups in total. The second kappa shape index (κ2) is 13.1. The summed E-state index contributed by atoms with van der Waals surface area (Å²) in [6.45, 7) is 2.08. The molecule has 0 amide bonds. The highest BCUT2D eigenvalue weighted by atomic mass is 16.5. The molecule has 0 atom stereocenters. The molecule has 0 aromatic heterocycles. The van der Waals surface area contributed by atoms with Crippen molar-refractivity contribution >= 4 is 22.5 Å². The monoisotopic (exact) mass is 540 g/mol. The van der Waals surface area contributed by atoms with Gasteiger partial charge in [-0.05, 0) is 30.2 Å². The first kappa shape index (κ1) is 29.4. The number of carbonyl (C=O) groups excluding carboxylic acids is 2. The topological polar surface area (TPSA) is 110 Å². The third-order valence-corrected chi connectivity index (χ3v) is 6.67. The number of ether oxygens (including phenoxy) is 6. The van der Waals surface area contributed by atoms with Crippen LogP contribution in [0, 0.1) is 0 Å². The maximum absolute atomic E-state index is 13.7. The van der Waals surface area contributed by atoms with Crippen LogP contribution >= 0.6 is 0 Å². The molecule has 3 aromatic rings. The number of phenols is 1. The van der Waals surface area contributed by atoms with E-state index in [0.717, 1.165) is 19.3 Å². The Kier molecular flexibility index (Phi) is 9.87. The first-order chi connectivity index (χ1) is 18.8. The Bertz CT molecular complexity index is 1360. The van der Waals surface area contributed by atoms with Crippen molar-refractivity contribution in [3.05, 3.63) is 35.4 Å². The van der Waals surface area contributed by atoms with Gasteiger partial charge < -0.3 is 33.5 Å². The van der Waals surface area contributed by atoms with Crippen LogP contribution in [0.5, 0.6) is 34.5 Å². The van der Waals surface area contributed by atoms with Crippen LogP contribution < -0.4 is 23.7 Å². The van der Waals surface area contributed by atoms with Gasteiger partial charge in [0.15, 0.2) is 28.8 Å². The van der Waals surface area contributed by atoms with Gasteiger partial charge in [-0.15, -0.1) is 0 Å². The average molecular weight is 541 g/mol. The number of carbonyl (C=O) groups is 2. The van der Waals surface area contributed by atoms with Gasteiger partial charge in [-0.2, -0.15) is 0 Å². The number of ketones is 1. The maximum atomic E-state index is 13.7. The van der Waals surface area contributed by atoms with Gasteiger partial charge >= 0.3 is 5.97 Å². The maximum Gasteiger partial charge on any atom is 0.339 e. The van der Waals surface area contributed by atoms with Gasteiger partial charge in [0, 0.05) is 22.8 Å². The van der Waals surface area contributed by atoms with E-state index in [1.165, 1.54) is 42.7 Å². The lowest BCUT2D eigenvalue weighted by Gasteiger charge is -2.22. The second-order valence-corrected chi connectivity index (χ2v) is 8.84. The highest BCUT2D eigenvalue weighted by Gasteiger charge is 2.33. The van der Waals surface area contributed by atoms with E-state index < -0.39 is 5.97 Å². The first-order valence-corrected chi connectivity index (χ1v) is 12.7. The SMILES string of the molecule is CCCCCCC(=O)c1c(C(=O)OC)c(-c2ccc(OC)c(OC)c2)c2c(OC)c(OC)c(OC)cc2c1O. The number of methoxy groups -OCH3 is 6. The van der Waals surface area contributed by atoms with Gasteiger partial charge in [0.2, 0.25) is 5.75 Å². The second-order valence-electron chi connectivity index (χ2n) is 8.84. The lowest BCUT2D eigenvalue weighted by atomic mass is 9.85. The van der Waals surface area contributed by atoms with Crippen LogP contribution in [0.15, 0.2) is 24.3 Å². The number of fused-ring (bicyclic) bond motifs is 1. The lowest BCUT2D eigenvalue weighted by molar-refractivity contribution is 0.0597. The molecule has 0 saturated heterocycles. The van der Waals surface area contributed by atoms with Gasteiger partial charge in [0.25, 0.3) is 0 Å². The van der Waals surface area contributed by atoms with E-state index in [1.807, 2.05) is 0 Å². The number of benzene rings is 3. The van der Waals surface area contributed by atoms with Gasteiger partial charge in [-0.3, -0.25) is 4.79 Å². The Morgan fingerprint density at radius 3 is 1.97 bits per heavy atom. The third kappa shape index (κ3) is 5.53. The summed E-state index contributed by atoms with van der Waals surface area (Å²) in [6, 6.07) is 6.66. The normalized spacial score (nSPS) is 10.7. The minimum atomic E-state index is -0.786. The van der Waals surface area contributed by atoms with Gasteiger partial charge in [0.1, 0.15) is 5.75 Å². The van der Waals surface area contributed by atoms with Crippen molar-refractivity contribution in [1.29, 1.82) is 0 Å². The van der Waals surface area contributed by atoms with E-state index in [-0.39, 0.29) is 51.7 Å². The summed E-state index contributed by atoms with van der Waals surface area (Å²) in [7, 11) is 8.59. The third-order valence-electron chi connectivity index (χ3n) is 6.67. The Labute approximate surface area is 228 Å². The molecule has 0 aliphatic rings. The molecule has 0 fully saturated rings. The Morgan fingerprint density at radius 1 is 0.744 bits per heavy atom. The van der Waals surface area contributed by atoms with E-state index in [4.69, 9.17) is 28.4 Å². The molecule has 210 valence electrons. The van der Waals surface area contributed by atoms with Crippen molar-refractivity contribution in [3.8, 4) is 45.6 Å². The molecule has 39 heavy (non-hydrogen) atoms. The number of Topliss-reactive ketones (excluding diaryl/α,β-unsaturated/α-hetero) is 1. The van der Waals surface area contributed by atoms with Crippen LogP contribution in [0.2, 0.25) is 0 Å². The smallest absolute Gasteiger partial charge is 0.339 e. The molecule has 9 heteroatoms. The minimum absolute atomic E-state index is 0.0827. The van der Waals surface area contributed by atoms with Crippen LogP contribution in [0.25, 0.3) is 21.9 Å². The van der Waals surface area contributed by atoms with Crippen molar-refractivity contribution in [3.63, 3.8) is 0 Å². The molecule has 0 saturated carbocycles. The van der Waals surface area contributed by atoms with Gasteiger partial charge in [0.05, 0.1) is 53.8 Å². The summed E-state index contributed by atoms with van der Waals surface area (Å²) < 4.78 is 33.0. The van der Waals surface area contributed by atoms with Crippen LogP contribution in [0.4, 0.5) is 0 Å². The van der Waals surface area contributed by atoms with Crippen molar-refractivity contribution in [2.24, 2.45) is 0 Å². The zero-order valence-electron chi connectivity index (χ0n) is 23.6. The molecule has 0 heterocycles. The van der Waals surface area contributed by atoms with Crippen LogP contribution in [-0.2, 0) is 4.74 Å². The standard InChI is InChI=1S/C30H36O9/c1-8-9-10-11-12-19(31)25-26(30(33)39-7)23(17-13-14-20(34-2)21(15-17)35-3)24-18(27(25)32)16-22(36-4)28(37-5)29(24)38-6/h13-16,32H,8-12H2,1-7H3. The summed E-state index contributed by atoms with van der Waals surface area (Å²) in [4.78, 5) is 27.1. The summed E-state index contributed by atoms with van der Waals surface area (Å²) in [5.41, 5.74) is 0.611. The van der Waals surface area contributed by atoms with Crippen LogP contribution in [-0.4, -0.2) is 59.5 Å². The summed E-state index contributed by atoms with van der Waals surface area (Å²) in [5, 5.41) is 12.2. The molecule has 3 aromatic carbocycles. The summed E-state index contributed by atoms with van der Waals surface area (Å²) in [6.07, 6.45) is 3.61. The molecule has 0 unspecified atom stereocenters. The Hall–Kier alpha value is -4.14. The predicted octanol–water partition coefficient (Wildman–Crippen LogP) is 6.20. The summed E-state index contributed by atoms with van der Waals surface area (Å²) in [5.74, 6) is 0.0903. The number of rotatable bonds is 13. The summed E-state index contributed by atoms with van der Waals surface area (Å²) >= 11 is 0. The van der Waals surface area contributed by atoms with E-state index in [2.05, 4.69) is 6.92 Å². The van der Waals surface area contributed by atoms with Crippen molar-refractivity contribution in [2.75, 3.05) is 42.7 Å². The van der Waals surface area contributed by atoms with Crippen LogP contribution in [0.3, 0.4) is 0 Å². The Morgan fingerprint density at radius 2 is 1.41 bits per heavy atom. The molecule has 0 radical (unpaired) electrons. The molecule has 9 nitrogen and oxygen atoms in total. The number of hydrogen-bond acceptors (Lipinski definition) is 9. The van der Waals surface area contributed by atoms with E-state index in [0.29, 0.717) is 34.4 Å². The Balaban J connectivity index is 2.57. The quantitative estimate of drug-likeness (QED) is 0.154. The predicted molar refractivity (Wildman–Crippen MR) is 148 cm³/mol. The minimum Gasteiger partial charge on any atom is -0.507 e. The first-order valence-electron chi connectivity index (χ1n) is 12.7. The van der Waals surface area contributed by atoms with Gasteiger partial charge in [-0.25, -0.2) is 4.79 Å². The van der Waals surface area contributed by atoms with E-state index >= 15 is 0 Å². The number of phenolic OH excluding ortho intramolecular Hbond substituents is 1. The molecule has 3 rings (SSSR count). The van der Waals surface area contributed by atoms with Crippen molar-refractivity contribution in [1.82, 2.24) is 0 Å². The molecular weight excluding hydrogens is 504 g/mol. The highest BCUT2D eigenvalue weighted by molar-refractivity contribution is 6.21. The molecule has 0 bridgehead atoms. The zero-order valence-corrected chi connectivity index (χ0v) is 23.6. The molecule has 0 aliphatic heterocycles.